The highest BCUT2D eigenvalue weighted by Crippen LogP contribution is 2.31. The summed E-state index contributed by atoms with van der Waals surface area (Å²) >= 11 is 0. The van der Waals surface area contributed by atoms with Crippen molar-refractivity contribution < 1.29 is 18.8 Å². The lowest BCUT2D eigenvalue weighted by molar-refractivity contribution is 0.0252. The molecule has 0 saturated heterocycles. The molecule has 2 atom stereocenters. The van der Waals surface area contributed by atoms with E-state index in [9.17, 15) is 9.59 Å². The lowest BCUT2D eigenvalue weighted by Gasteiger charge is -2.25. The molecule has 7 heteroatoms. The number of hydrogen-bond donors (Lipinski definition) is 1. The van der Waals surface area contributed by atoms with Crippen molar-refractivity contribution in [3.63, 3.8) is 0 Å². The number of carbonyl (C=O) groups is 2. The fraction of sp³-hybridized carbons (Fsp3) is 0.304. The predicted octanol–water partition coefficient (Wildman–Crippen LogP) is 3.96. The molecule has 2 aromatic carbocycles. The number of nitrogens with one attached hydrogen (secondary N) is 1. The van der Waals surface area contributed by atoms with Crippen LogP contribution in [0.25, 0.3) is 0 Å². The zero-order chi connectivity index (χ0) is 21.3. The van der Waals surface area contributed by atoms with Gasteiger partial charge in [-0.2, -0.15) is 4.98 Å². The first kappa shape index (κ1) is 19.8. The smallest absolute Gasteiger partial charge is 0.339 e. The average molecular weight is 405 g/mol. The van der Waals surface area contributed by atoms with E-state index in [0.29, 0.717) is 29.3 Å². The Hall–Kier alpha value is -3.48. The standard InChI is InChI=1S/C23H23N3O4/c1-13(2)20(22-24-14(3)26-30-22)25-21(27)16-9-10-18-17(11-16)12-19(29-23(18)28)15-7-5-4-6-8-15/h4-11,13,19-20H,12H2,1-3H3,(H,25,27)/t19-,20-/m0/s1. The van der Waals surface area contributed by atoms with Gasteiger partial charge in [-0.3, -0.25) is 4.79 Å². The molecule has 3 aromatic rings. The van der Waals surface area contributed by atoms with Gasteiger partial charge in [0.1, 0.15) is 12.1 Å². The van der Waals surface area contributed by atoms with E-state index in [0.717, 1.165) is 11.1 Å². The summed E-state index contributed by atoms with van der Waals surface area (Å²) in [5.41, 5.74) is 2.68. The van der Waals surface area contributed by atoms with Crippen LogP contribution in [0.15, 0.2) is 53.1 Å². The summed E-state index contributed by atoms with van der Waals surface area (Å²) in [6.07, 6.45) is 0.150. The summed E-state index contributed by atoms with van der Waals surface area (Å²) in [5, 5.41) is 6.79. The van der Waals surface area contributed by atoms with Gasteiger partial charge in [-0.05, 0) is 42.2 Å². The number of rotatable bonds is 5. The molecule has 30 heavy (non-hydrogen) atoms. The third-order valence-corrected chi connectivity index (χ3v) is 5.18. The molecule has 0 fully saturated rings. The van der Waals surface area contributed by atoms with Crippen LogP contribution in [-0.4, -0.2) is 22.0 Å². The zero-order valence-electron chi connectivity index (χ0n) is 17.1. The van der Waals surface area contributed by atoms with Gasteiger partial charge in [-0.25, -0.2) is 4.79 Å². The van der Waals surface area contributed by atoms with Crippen LogP contribution in [-0.2, 0) is 11.2 Å². The van der Waals surface area contributed by atoms with Crippen molar-refractivity contribution in [2.45, 2.75) is 39.3 Å². The van der Waals surface area contributed by atoms with Crippen LogP contribution in [0.5, 0.6) is 0 Å². The summed E-state index contributed by atoms with van der Waals surface area (Å²) in [4.78, 5) is 29.6. The number of ether oxygens (including phenoxy) is 1. The topological polar surface area (TPSA) is 94.3 Å². The first-order chi connectivity index (χ1) is 14.4. The van der Waals surface area contributed by atoms with E-state index in [-0.39, 0.29) is 23.9 Å². The van der Waals surface area contributed by atoms with Crippen molar-refractivity contribution in [3.8, 4) is 0 Å². The van der Waals surface area contributed by atoms with Crippen molar-refractivity contribution in [1.29, 1.82) is 0 Å². The molecule has 0 saturated carbocycles. The number of fused-ring (bicyclic) bond motifs is 1. The van der Waals surface area contributed by atoms with E-state index < -0.39 is 6.04 Å². The molecule has 1 amide bonds. The van der Waals surface area contributed by atoms with Gasteiger partial charge in [-0.1, -0.05) is 49.3 Å². The van der Waals surface area contributed by atoms with Crippen LogP contribution in [0.2, 0.25) is 0 Å². The molecule has 0 spiro atoms. The highest BCUT2D eigenvalue weighted by Gasteiger charge is 2.29. The first-order valence-electron chi connectivity index (χ1n) is 9.92. The molecule has 154 valence electrons. The molecule has 7 nitrogen and oxygen atoms in total. The fourth-order valence-corrected chi connectivity index (χ4v) is 3.57. The van der Waals surface area contributed by atoms with Crippen molar-refractivity contribution in [2.75, 3.05) is 0 Å². The molecule has 0 radical (unpaired) electrons. The van der Waals surface area contributed by atoms with E-state index in [4.69, 9.17) is 9.26 Å². The Morgan fingerprint density at radius 3 is 2.60 bits per heavy atom. The summed E-state index contributed by atoms with van der Waals surface area (Å²) in [6.45, 7) is 5.67. The lowest BCUT2D eigenvalue weighted by Crippen LogP contribution is -2.32. The Labute approximate surface area is 174 Å². The molecule has 1 aromatic heterocycles. The minimum atomic E-state index is -0.406. The van der Waals surface area contributed by atoms with Crippen molar-refractivity contribution in [3.05, 3.63) is 82.5 Å². The number of aryl methyl sites for hydroxylation is 1. The summed E-state index contributed by atoms with van der Waals surface area (Å²) < 4.78 is 10.8. The molecule has 0 aliphatic carbocycles. The second-order valence-electron chi connectivity index (χ2n) is 7.76. The Morgan fingerprint density at radius 2 is 1.93 bits per heavy atom. The molecule has 2 heterocycles. The Kier molecular flexibility index (Phi) is 5.35. The molecular formula is C23H23N3O4. The number of carbonyl (C=O) groups excluding carboxylic acids is 2. The van der Waals surface area contributed by atoms with Crippen LogP contribution in [0.1, 0.15) is 69.6 Å². The minimum Gasteiger partial charge on any atom is -0.454 e. The third kappa shape index (κ3) is 3.96. The minimum absolute atomic E-state index is 0.0591. The maximum absolute atomic E-state index is 12.9. The number of benzene rings is 2. The molecule has 4 rings (SSSR count). The number of cyclic esters (lactones) is 1. The number of hydrogen-bond acceptors (Lipinski definition) is 6. The maximum Gasteiger partial charge on any atom is 0.339 e. The normalized spacial score (nSPS) is 16.7. The van der Waals surface area contributed by atoms with Crippen molar-refractivity contribution in [2.24, 2.45) is 5.92 Å². The van der Waals surface area contributed by atoms with Gasteiger partial charge < -0.3 is 14.6 Å². The van der Waals surface area contributed by atoms with Crippen molar-refractivity contribution >= 4 is 11.9 Å². The largest absolute Gasteiger partial charge is 0.454 e. The van der Waals surface area contributed by atoms with Crippen LogP contribution in [0, 0.1) is 12.8 Å². The second-order valence-corrected chi connectivity index (χ2v) is 7.76. The van der Waals surface area contributed by atoms with E-state index in [1.807, 2.05) is 44.2 Å². The van der Waals surface area contributed by atoms with Gasteiger partial charge in [-0.15, -0.1) is 0 Å². The van der Waals surface area contributed by atoms with Gasteiger partial charge in [0.05, 0.1) is 5.56 Å². The average Bonchev–Trinajstić information content (AvgIpc) is 3.17. The van der Waals surface area contributed by atoms with E-state index >= 15 is 0 Å². The van der Waals surface area contributed by atoms with E-state index in [1.54, 1.807) is 25.1 Å². The summed E-state index contributed by atoms with van der Waals surface area (Å²) in [6, 6.07) is 14.2. The highest BCUT2D eigenvalue weighted by molar-refractivity contribution is 5.98. The second kappa shape index (κ2) is 8.10. The Balaban J connectivity index is 1.57. The van der Waals surface area contributed by atoms with Crippen LogP contribution >= 0.6 is 0 Å². The molecule has 1 aliphatic rings. The van der Waals surface area contributed by atoms with Crippen LogP contribution in [0.3, 0.4) is 0 Å². The fourth-order valence-electron chi connectivity index (χ4n) is 3.57. The summed E-state index contributed by atoms with van der Waals surface area (Å²) in [7, 11) is 0. The summed E-state index contributed by atoms with van der Waals surface area (Å²) in [5.74, 6) is 0.315. The number of esters is 1. The van der Waals surface area contributed by atoms with Crippen molar-refractivity contribution in [1.82, 2.24) is 15.5 Å². The van der Waals surface area contributed by atoms with Gasteiger partial charge in [0.2, 0.25) is 5.89 Å². The molecular weight excluding hydrogens is 382 g/mol. The van der Waals surface area contributed by atoms with Gasteiger partial charge in [0.15, 0.2) is 5.82 Å². The van der Waals surface area contributed by atoms with Gasteiger partial charge >= 0.3 is 5.97 Å². The number of nitrogens with zero attached hydrogens (tertiary/aromatic N) is 2. The predicted molar refractivity (Wildman–Crippen MR) is 109 cm³/mol. The van der Waals surface area contributed by atoms with Gasteiger partial charge in [0.25, 0.3) is 5.91 Å². The van der Waals surface area contributed by atoms with Gasteiger partial charge in [0, 0.05) is 12.0 Å². The third-order valence-electron chi connectivity index (χ3n) is 5.18. The zero-order valence-corrected chi connectivity index (χ0v) is 17.1. The maximum atomic E-state index is 12.9. The molecule has 0 unspecified atom stereocenters. The molecule has 1 N–H and O–H groups in total. The molecule has 0 bridgehead atoms. The Bertz CT molecular complexity index is 1080. The first-order valence-corrected chi connectivity index (χ1v) is 9.92. The van der Waals surface area contributed by atoms with Crippen LogP contribution < -0.4 is 5.32 Å². The van der Waals surface area contributed by atoms with E-state index in [1.165, 1.54) is 0 Å². The van der Waals surface area contributed by atoms with E-state index in [2.05, 4.69) is 15.5 Å². The number of aromatic nitrogens is 2. The number of amides is 1. The monoisotopic (exact) mass is 405 g/mol. The molecule has 1 aliphatic heterocycles. The quantitative estimate of drug-likeness (QED) is 0.646. The Morgan fingerprint density at radius 1 is 1.17 bits per heavy atom. The SMILES string of the molecule is Cc1noc([C@@H](NC(=O)c2ccc3c(c2)C[C@@H](c2ccccc2)OC3=O)C(C)C)n1. The lowest BCUT2D eigenvalue weighted by atomic mass is 9.93. The highest BCUT2D eigenvalue weighted by atomic mass is 16.5. The van der Waals surface area contributed by atoms with Crippen LogP contribution in [0.4, 0.5) is 0 Å².